The largest absolute Gasteiger partial charge is 0.396 e. The summed E-state index contributed by atoms with van der Waals surface area (Å²) >= 11 is 1.41. The van der Waals surface area contributed by atoms with Gasteiger partial charge in [-0.25, -0.2) is 0 Å². The molecule has 7 nitrogen and oxygen atoms in total. The second kappa shape index (κ2) is 8.79. The number of carbonyl (C=O) groups is 3. The molecule has 1 aliphatic heterocycles. The predicted molar refractivity (Wildman–Crippen MR) is 104 cm³/mol. The molecule has 2 heterocycles. The van der Waals surface area contributed by atoms with E-state index in [0.29, 0.717) is 23.5 Å². The van der Waals surface area contributed by atoms with Gasteiger partial charge in [0.1, 0.15) is 0 Å². The zero-order valence-corrected chi connectivity index (χ0v) is 15.6. The number of aryl methyl sites for hydroxylation is 1. The fraction of sp³-hybridized carbons (Fsp3) is 0.316. The van der Waals surface area contributed by atoms with Crippen LogP contribution in [0.1, 0.15) is 28.1 Å². The number of hydrogen-bond donors (Lipinski definition) is 3. The van der Waals surface area contributed by atoms with Crippen LogP contribution >= 0.6 is 11.3 Å². The van der Waals surface area contributed by atoms with E-state index in [0.717, 1.165) is 24.1 Å². The monoisotopic (exact) mass is 387 g/mol. The van der Waals surface area contributed by atoms with Gasteiger partial charge in [-0.1, -0.05) is 6.07 Å². The van der Waals surface area contributed by atoms with Crippen LogP contribution in [0.4, 0.5) is 11.4 Å². The lowest BCUT2D eigenvalue weighted by molar-refractivity contribution is -0.136. The third-order valence-electron chi connectivity index (χ3n) is 4.26. The Bertz CT molecular complexity index is 835. The fourth-order valence-corrected chi connectivity index (χ4v) is 3.64. The molecule has 0 radical (unpaired) electrons. The Hall–Kier alpha value is -2.71. The van der Waals surface area contributed by atoms with E-state index >= 15 is 0 Å². The number of nitrogens with one attached hydrogen (secondary N) is 2. The standard InChI is InChI=1S/C19H21N3O4S/c23-10-3-8-20-17(24)18(25)21-14-6-7-15-13(12-14)4-1-9-22(15)19(26)16-5-2-11-27-16/h2,5-7,11-12,23H,1,3-4,8-10H2,(H,20,24)(H,21,25). The van der Waals surface area contributed by atoms with Crippen molar-refractivity contribution in [3.63, 3.8) is 0 Å². The van der Waals surface area contributed by atoms with Crippen LogP contribution in [-0.2, 0) is 16.0 Å². The van der Waals surface area contributed by atoms with Crippen molar-refractivity contribution >= 4 is 40.4 Å². The zero-order valence-electron chi connectivity index (χ0n) is 14.7. The molecule has 0 saturated carbocycles. The maximum Gasteiger partial charge on any atom is 0.313 e. The van der Waals surface area contributed by atoms with E-state index in [1.165, 1.54) is 11.3 Å². The number of benzene rings is 1. The van der Waals surface area contributed by atoms with Crippen LogP contribution in [0.15, 0.2) is 35.7 Å². The first-order chi connectivity index (χ1) is 13.1. The topological polar surface area (TPSA) is 98.7 Å². The average Bonchev–Trinajstić information content (AvgIpc) is 3.21. The summed E-state index contributed by atoms with van der Waals surface area (Å²) in [6, 6.07) is 8.97. The van der Waals surface area contributed by atoms with Gasteiger partial charge in [0.15, 0.2) is 0 Å². The summed E-state index contributed by atoms with van der Waals surface area (Å²) in [7, 11) is 0. The Morgan fingerprint density at radius 2 is 2.04 bits per heavy atom. The summed E-state index contributed by atoms with van der Waals surface area (Å²) in [6.45, 7) is 0.850. The highest BCUT2D eigenvalue weighted by Gasteiger charge is 2.24. The molecule has 8 heteroatoms. The van der Waals surface area contributed by atoms with E-state index in [9.17, 15) is 14.4 Å². The number of aliphatic hydroxyl groups excluding tert-OH is 1. The van der Waals surface area contributed by atoms with Crippen molar-refractivity contribution in [2.75, 3.05) is 29.9 Å². The molecule has 3 rings (SSSR count). The minimum atomic E-state index is -0.754. The molecule has 1 aromatic heterocycles. The molecule has 1 aliphatic rings. The quantitative estimate of drug-likeness (QED) is 0.538. The number of hydrogen-bond acceptors (Lipinski definition) is 5. The van der Waals surface area contributed by atoms with Crippen LogP contribution < -0.4 is 15.5 Å². The van der Waals surface area contributed by atoms with Crippen LogP contribution in [0.2, 0.25) is 0 Å². The summed E-state index contributed by atoms with van der Waals surface area (Å²) in [5, 5.41) is 15.6. The second-order valence-electron chi connectivity index (χ2n) is 6.17. The molecule has 27 heavy (non-hydrogen) atoms. The van der Waals surface area contributed by atoms with Gasteiger partial charge in [0.2, 0.25) is 0 Å². The molecule has 0 aliphatic carbocycles. The summed E-state index contributed by atoms with van der Waals surface area (Å²) in [6.07, 6.45) is 2.03. The average molecular weight is 387 g/mol. The predicted octanol–water partition coefficient (Wildman–Crippen LogP) is 1.78. The molecular weight excluding hydrogens is 366 g/mol. The number of amides is 3. The van der Waals surface area contributed by atoms with Crippen LogP contribution in [0.25, 0.3) is 0 Å². The van der Waals surface area contributed by atoms with E-state index in [2.05, 4.69) is 10.6 Å². The van der Waals surface area contributed by atoms with Crippen LogP contribution in [0, 0.1) is 0 Å². The number of nitrogens with zero attached hydrogens (tertiary/aromatic N) is 1. The Labute approximate surface area is 161 Å². The normalized spacial score (nSPS) is 13.0. The highest BCUT2D eigenvalue weighted by molar-refractivity contribution is 7.12. The van der Waals surface area contributed by atoms with Gasteiger partial charge in [-0.05, 0) is 54.5 Å². The first-order valence-corrected chi connectivity index (χ1v) is 9.66. The number of carbonyl (C=O) groups excluding carboxylic acids is 3. The molecule has 1 aromatic carbocycles. The molecule has 0 spiro atoms. The van der Waals surface area contributed by atoms with Gasteiger partial charge in [-0.3, -0.25) is 14.4 Å². The van der Waals surface area contributed by atoms with Crippen molar-refractivity contribution in [2.24, 2.45) is 0 Å². The number of thiophene rings is 1. The molecule has 3 amide bonds. The SMILES string of the molecule is O=C(NCCCO)C(=O)Nc1ccc2c(c1)CCCN2C(=O)c1cccs1. The maximum absolute atomic E-state index is 12.7. The van der Waals surface area contributed by atoms with Crippen LogP contribution in [0.5, 0.6) is 0 Å². The van der Waals surface area contributed by atoms with Crippen molar-refractivity contribution in [1.29, 1.82) is 0 Å². The Morgan fingerprint density at radius 1 is 1.19 bits per heavy atom. The van der Waals surface area contributed by atoms with Gasteiger partial charge in [0.05, 0.1) is 4.88 Å². The Morgan fingerprint density at radius 3 is 2.78 bits per heavy atom. The van der Waals surface area contributed by atoms with E-state index in [-0.39, 0.29) is 19.1 Å². The second-order valence-corrected chi connectivity index (χ2v) is 7.12. The molecule has 0 bridgehead atoms. The van der Waals surface area contributed by atoms with Crippen molar-refractivity contribution in [3.8, 4) is 0 Å². The Kier molecular flexibility index (Phi) is 6.20. The van der Waals surface area contributed by atoms with Crippen LogP contribution in [0.3, 0.4) is 0 Å². The lowest BCUT2D eigenvalue weighted by Gasteiger charge is -2.29. The van der Waals surface area contributed by atoms with E-state index in [4.69, 9.17) is 5.11 Å². The molecule has 0 atom stereocenters. The molecule has 142 valence electrons. The summed E-state index contributed by atoms with van der Waals surface area (Å²) in [4.78, 5) is 38.8. The van der Waals surface area contributed by atoms with Crippen molar-refractivity contribution in [3.05, 3.63) is 46.2 Å². The van der Waals surface area contributed by atoms with Crippen LogP contribution in [-0.4, -0.2) is 42.5 Å². The number of fused-ring (bicyclic) bond motifs is 1. The molecule has 3 N–H and O–H groups in total. The minimum Gasteiger partial charge on any atom is -0.396 e. The van der Waals surface area contributed by atoms with Gasteiger partial charge in [0.25, 0.3) is 5.91 Å². The minimum absolute atomic E-state index is 0.0222. The first kappa shape index (κ1) is 19.1. The lowest BCUT2D eigenvalue weighted by Crippen LogP contribution is -2.36. The smallest absolute Gasteiger partial charge is 0.313 e. The lowest BCUT2D eigenvalue weighted by atomic mass is 10.0. The maximum atomic E-state index is 12.7. The summed E-state index contributed by atoms with van der Waals surface area (Å²) in [5.74, 6) is -1.52. The molecular formula is C19H21N3O4S. The van der Waals surface area contributed by atoms with Gasteiger partial charge >= 0.3 is 11.8 Å². The molecule has 0 unspecified atom stereocenters. The van der Waals surface area contributed by atoms with Gasteiger partial charge in [0, 0.05) is 31.1 Å². The zero-order chi connectivity index (χ0) is 19.2. The van der Waals surface area contributed by atoms with E-state index in [1.54, 1.807) is 17.0 Å². The number of rotatable bonds is 5. The third-order valence-corrected chi connectivity index (χ3v) is 5.12. The number of anilines is 2. The van der Waals surface area contributed by atoms with E-state index < -0.39 is 11.8 Å². The van der Waals surface area contributed by atoms with E-state index in [1.807, 2.05) is 23.6 Å². The molecule has 0 fully saturated rings. The van der Waals surface area contributed by atoms with Gasteiger partial charge < -0.3 is 20.6 Å². The summed E-state index contributed by atoms with van der Waals surface area (Å²) in [5.41, 5.74) is 2.32. The van der Waals surface area contributed by atoms with Gasteiger partial charge in [-0.15, -0.1) is 11.3 Å². The summed E-state index contributed by atoms with van der Waals surface area (Å²) < 4.78 is 0. The van der Waals surface area contributed by atoms with Crippen molar-refractivity contribution < 1.29 is 19.5 Å². The van der Waals surface area contributed by atoms with Gasteiger partial charge in [-0.2, -0.15) is 0 Å². The highest BCUT2D eigenvalue weighted by atomic mass is 32.1. The number of aliphatic hydroxyl groups is 1. The third kappa shape index (κ3) is 4.53. The Balaban J connectivity index is 1.70. The van der Waals surface area contributed by atoms with Crippen molar-refractivity contribution in [2.45, 2.75) is 19.3 Å². The van der Waals surface area contributed by atoms with Crippen molar-refractivity contribution in [1.82, 2.24) is 5.32 Å². The molecule has 2 aromatic rings. The fourth-order valence-electron chi connectivity index (χ4n) is 2.97. The highest BCUT2D eigenvalue weighted by Crippen LogP contribution is 2.31. The first-order valence-electron chi connectivity index (χ1n) is 8.78. The molecule has 0 saturated heterocycles.